The van der Waals surface area contributed by atoms with Crippen molar-refractivity contribution in [3.8, 4) is 0 Å². The van der Waals surface area contributed by atoms with Crippen molar-refractivity contribution in [1.29, 1.82) is 0 Å². The van der Waals surface area contributed by atoms with Gasteiger partial charge in [-0.1, -0.05) is 18.5 Å². The van der Waals surface area contributed by atoms with Gasteiger partial charge < -0.3 is 9.84 Å². The molecule has 0 bridgehead atoms. The van der Waals surface area contributed by atoms with E-state index in [-0.39, 0.29) is 6.10 Å². The summed E-state index contributed by atoms with van der Waals surface area (Å²) in [4.78, 5) is 0. The van der Waals surface area contributed by atoms with Crippen LogP contribution in [0.3, 0.4) is 0 Å². The number of aliphatic hydroxyl groups is 1. The second-order valence-electron chi connectivity index (χ2n) is 5.20. The van der Waals surface area contributed by atoms with Gasteiger partial charge in [0, 0.05) is 26.2 Å². The summed E-state index contributed by atoms with van der Waals surface area (Å²) in [5, 5.41) is 15.4. The number of rotatable bonds is 6. The van der Waals surface area contributed by atoms with Gasteiger partial charge in [0.25, 0.3) is 0 Å². The monoisotopic (exact) mass is 286 g/mol. The number of halogens is 1. The average molecular weight is 287 g/mol. The molecular formula is C14H23ClN2O2. The molecular weight excluding hydrogens is 264 g/mol. The van der Waals surface area contributed by atoms with E-state index < -0.39 is 0 Å². The standard InChI is InChI=1S/C14H23ClN2O2/c1-3-12-14(15)13(17(4-2)16-12)8-11(18)7-10-5-6-19-9-10/h10-11,18H,3-9H2,1-2H3. The van der Waals surface area contributed by atoms with Crippen LogP contribution >= 0.6 is 11.6 Å². The highest BCUT2D eigenvalue weighted by molar-refractivity contribution is 6.31. The molecule has 2 rings (SSSR count). The fourth-order valence-electron chi connectivity index (χ4n) is 2.67. The first kappa shape index (κ1) is 14.8. The SMILES string of the molecule is CCc1nn(CC)c(CC(O)CC2CCOC2)c1Cl. The van der Waals surface area contributed by atoms with Crippen molar-refractivity contribution < 1.29 is 9.84 Å². The summed E-state index contributed by atoms with van der Waals surface area (Å²) < 4.78 is 7.26. The molecule has 1 aliphatic rings. The zero-order chi connectivity index (χ0) is 13.8. The molecule has 19 heavy (non-hydrogen) atoms. The molecule has 0 aliphatic carbocycles. The van der Waals surface area contributed by atoms with Crippen LogP contribution in [0.5, 0.6) is 0 Å². The first-order valence-electron chi connectivity index (χ1n) is 7.15. The summed E-state index contributed by atoms with van der Waals surface area (Å²) in [5.41, 5.74) is 1.89. The van der Waals surface area contributed by atoms with Crippen LogP contribution in [-0.4, -0.2) is 34.2 Å². The Hall–Kier alpha value is -0.580. The second-order valence-corrected chi connectivity index (χ2v) is 5.58. The normalized spacial score (nSPS) is 20.9. The highest BCUT2D eigenvalue weighted by atomic mass is 35.5. The smallest absolute Gasteiger partial charge is 0.0850 e. The topological polar surface area (TPSA) is 47.3 Å². The molecule has 2 heterocycles. The van der Waals surface area contributed by atoms with Crippen molar-refractivity contribution in [1.82, 2.24) is 9.78 Å². The van der Waals surface area contributed by atoms with Gasteiger partial charge in [0.1, 0.15) is 0 Å². The van der Waals surface area contributed by atoms with Gasteiger partial charge in [-0.15, -0.1) is 0 Å². The zero-order valence-corrected chi connectivity index (χ0v) is 12.5. The summed E-state index contributed by atoms with van der Waals surface area (Å²) in [5.74, 6) is 0.484. The molecule has 1 N–H and O–H groups in total. The fraction of sp³-hybridized carbons (Fsp3) is 0.786. The summed E-state index contributed by atoms with van der Waals surface area (Å²) in [6.07, 6.45) is 2.88. The Labute approximate surface area is 119 Å². The van der Waals surface area contributed by atoms with Crippen LogP contribution in [0.2, 0.25) is 5.02 Å². The number of nitrogens with zero attached hydrogens (tertiary/aromatic N) is 2. The summed E-state index contributed by atoms with van der Waals surface area (Å²) in [7, 11) is 0. The maximum atomic E-state index is 10.2. The van der Waals surface area contributed by atoms with E-state index in [0.29, 0.717) is 12.3 Å². The zero-order valence-electron chi connectivity index (χ0n) is 11.7. The van der Waals surface area contributed by atoms with Crippen molar-refractivity contribution >= 4 is 11.6 Å². The predicted octanol–water partition coefficient (Wildman–Crippen LogP) is 2.45. The average Bonchev–Trinajstić information content (AvgIpc) is 2.99. The molecule has 0 saturated carbocycles. The molecule has 0 spiro atoms. The molecule has 5 heteroatoms. The lowest BCUT2D eigenvalue weighted by atomic mass is 9.98. The molecule has 1 saturated heterocycles. The number of ether oxygens (including phenoxy) is 1. The van der Waals surface area contributed by atoms with E-state index >= 15 is 0 Å². The van der Waals surface area contributed by atoms with Gasteiger partial charge in [-0.25, -0.2) is 0 Å². The van der Waals surface area contributed by atoms with E-state index in [0.717, 1.165) is 55.4 Å². The van der Waals surface area contributed by atoms with Gasteiger partial charge in [0.2, 0.25) is 0 Å². The molecule has 1 fully saturated rings. The fourth-order valence-corrected chi connectivity index (χ4v) is 3.02. The van der Waals surface area contributed by atoms with Crippen molar-refractivity contribution in [2.24, 2.45) is 5.92 Å². The molecule has 0 radical (unpaired) electrons. The number of aliphatic hydroxyl groups excluding tert-OH is 1. The minimum absolute atomic E-state index is 0.365. The number of aromatic nitrogens is 2. The van der Waals surface area contributed by atoms with Crippen molar-refractivity contribution in [3.63, 3.8) is 0 Å². The highest BCUT2D eigenvalue weighted by Gasteiger charge is 2.22. The van der Waals surface area contributed by atoms with E-state index in [9.17, 15) is 5.11 Å². The van der Waals surface area contributed by atoms with Crippen LogP contribution in [0.1, 0.15) is 38.1 Å². The Balaban J connectivity index is 2.02. The molecule has 2 atom stereocenters. The van der Waals surface area contributed by atoms with Crippen LogP contribution in [0.4, 0.5) is 0 Å². The number of aryl methyl sites for hydroxylation is 2. The van der Waals surface area contributed by atoms with Gasteiger partial charge in [-0.3, -0.25) is 4.68 Å². The van der Waals surface area contributed by atoms with Crippen LogP contribution in [0.15, 0.2) is 0 Å². The number of hydrogen-bond donors (Lipinski definition) is 1. The molecule has 1 aromatic rings. The van der Waals surface area contributed by atoms with E-state index in [4.69, 9.17) is 16.3 Å². The quantitative estimate of drug-likeness (QED) is 0.874. The minimum atomic E-state index is -0.365. The predicted molar refractivity (Wildman–Crippen MR) is 75.5 cm³/mol. The molecule has 4 nitrogen and oxygen atoms in total. The maximum absolute atomic E-state index is 10.2. The van der Waals surface area contributed by atoms with Gasteiger partial charge in [0.05, 0.1) is 22.5 Å². The Morgan fingerprint density at radius 3 is 2.89 bits per heavy atom. The molecule has 1 aliphatic heterocycles. The van der Waals surface area contributed by atoms with E-state index in [1.54, 1.807) is 0 Å². The molecule has 0 aromatic carbocycles. The summed E-state index contributed by atoms with van der Waals surface area (Å²) in [6, 6.07) is 0. The lowest BCUT2D eigenvalue weighted by Gasteiger charge is -2.15. The van der Waals surface area contributed by atoms with Crippen molar-refractivity contribution in [2.75, 3.05) is 13.2 Å². The third-order valence-electron chi connectivity index (χ3n) is 3.75. The van der Waals surface area contributed by atoms with E-state index in [1.165, 1.54) is 0 Å². The van der Waals surface area contributed by atoms with Gasteiger partial charge in [-0.2, -0.15) is 5.10 Å². The lowest BCUT2D eigenvalue weighted by molar-refractivity contribution is 0.127. The van der Waals surface area contributed by atoms with Crippen LogP contribution in [0, 0.1) is 5.92 Å². The van der Waals surface area contributed by atoms with Crippen molar-refractivity contribution in [2.45, 2.75) is 52.2 Å². The van der Waals surface area contributed by atoms with Gasteiger partial charge in [0.15, 0.2) is 0 Å². The lowest BCUT2D eigenvalue weighted by Crippen LogP contribution is -2.18. The van der Waals surface area contributed by atoms with Crippen LogP contribution in [-0.2, 0) is 24.1 Å². The first-order chi connectivity index (χ1) is 9.15. The van der Waals surface area contributed by atoms with E-state index in [1.807, 2.05) is 18.5 Å². The van der Waals surface area contributed by atoms with Gasteiger partial charge >= 0.3 is 0 Å². The third-order valence-corrected chi connectivity index (χ3v) is 4.19. The molecule has 2 unspecified atom stereocenters. The second kappa shape index (κ2) is 6.73. The Morgan fingerprint density at radius 1 is 1.53 bits per heavy atom. The highest BCUT2D eigenvalue weighted by Crippen LogP contribution is 2.25. The summed E-state index contributed by atoms with van der Waals surface area (Å²) >= 11 is 6.35. The van der Waals surface area contributed by atoms with E-state index in [2.05, 4.69) is 5.10 Å². The first-order valence-corrected chi connectivity index (χ1v) is 7.53. The summed E-state index contributed by atoms with van der Waals surface area (Å²) in [6.45, 7) is 6.48. The van der Waals surface area contributed by atoms with Crippen LogP contribution < -0.4 is 0 Å². The minimum Gasteiger partial charge on any atom is -0.393 e. The third kappa shape index (κ3) is 3.50. The largest absolute Gasteiger partial charge is 0.393 e. The maximum Gasteiger partial charge on any atom is 0.0850 e. The molecule has 1 aromatic heterocycles. The van der Waals surface area contributed by atoms with Gasteiger partial charge in [-0.05, 0) is 32.1 Å². The Morgan fingerprint density at radius 2 is 2.32 bits per heavy atom. The molecule has 0 amide bonds. The Kier molecular flexibility index (Phi) is 5.25. The Bertz CT molecular complexity index is 414. The van der Waals surface area contributed by atoms with Crippen molar-refractivity contribution in [3.05, 3.63) is 16.4 Å². The van der Waals surface area contributed by atoms with Crippen LogP contribution in [0.25, 0.3) is 0 Å². The number of hydrogen-bond acceptors (Lipinski definition) is 3. The molecule has 108 valence electrons.